The molecule has 0 aromatic carbocycles. The van der Waals surface area contributed by atoms with Gasteiger partial charge in [-0.25, -0.2) is 4.79 Å². The molecule has 3 fully saturated rings. The number of nitrogens with zero attached hydrogens (tertiary/aromatic N) is 3. The molecule has 1 saturated heterocycles. The van der Waals surface area contributed by atoms with E-state index in [4.69, 9.17) is 0 Å². The average molecular weight is 343 g/mol. The maximum atomic E-state index is 12.6. The van der Waals surface area contributed by atoms with Crippen molar-refractivity contribution in [3.63, 3.8) is 0 Å². The predicted octanol–water partition coefficient (Wildman–Crippen LogP) is 1.78. The first-order valence-electron chi connectivity index (χ1n) is 10.1. The number of aromatic nitrogens is 2. The second-order valence-corrected chi connectivity index (χ2v) is 8.53. The minimum Gasteiger partial charge on any atom is -0.335 e. The third-order valence-electron chi connectivity index (χ3n) is 7.12. The zero-order valence-electron chi connectivity index (χ0n) is 14.9. The zero-order chi connectivity index (χ0) is 16.8. The highest BCUT2D eigenvalue weighted by molar-refractivity contribution is 5.74. The number of hydrogen-bond acceptors (Lipinski definition) is 3. The number of rotatable bonds is 2. The number of urea groups is 1. The van der Waals surface area contributed by atoms with Crippen LogP contribution in [0.4, 0.5) is 4.79 Å². The number of piperazine rings is 1. The maximum Gasteiger partial charge on any atom is 0.317 e. The van der Waals surface area contributed by atoms with Crippen LogP contribution in [0.15, 0.2) is 6.20 Å². The van der Waals surface area contributed by atoms with Gasteiger partial charge in [0.25, 0.3) is 0 Å². The molecule has 1 aromatic heterocycles. The number of aromatic amines is 1. The van der Waals surface area contributed by atoms with Gasteiger partial charge in [-0.1, -0.05) is 6.42 Å². The highest BCUT2D eigenvalue weighted by Crippen LogP contribution is 2.46. The molecule has 4 aliphatic rings. The molecule has 0 radical (unpaired) electrons. The van der Waals surface area contributed by atoms with Crippen LogP contribution in [-0.4, -0.2) is 64.3 Å². The Kier molecular flexibility index (Phi) is 3.95. The summed E-state index contributed by atoms with van der Waals surface area (Å²) in [5.74, 6) is 1.94. The van der Waals surface area contributed by atoms with Crippen LogP contribution in [0.2, 0.25) is 0 Å². The molecule has 5 rings (SSSR count). The van der Waals surface area contributed by atoms with Crippen LogP contribution in [0.1, 0.15) is 43.4 Å². The summed E-state index contributed by atoms with van der Waals surface area (Å²) >= 11 is 0. The van der Waals surface area contributed by atoms with Crippen molar-refractivity contribution in [2.75, 3.05) is 26.2 Å². The van der Waals surface area contributed by atoms with Crippen molar-refractivity contribution in [2.45, 2.75) is 57.0 Å². The second kappa shape index (κ2) is 6.31. The number of fused-ring (bicyclic) bond motifs is 3. The highest BCUT2D eigenvalue weighted by Gasteiger charge is 2.43. The van der Waals surface area contributed by atoms with E-state index >= 15 is 0 Å². The molecule has 4 atom stereocenters. The lowest BCUT2D eigenvalue weighted by atomic mass is 9.93. The lowest BCUT2D eigenvalue weighted by Crippen LogP contribution is -2.56. The van der Waals surface area contributed by atoms with Crippen LogP contribution in [0.25, 0.3) is 0 Å². The quantitative estimate of drug-likeness (QED) is 0.860. The SMILES string of the molecule is O=C(N[C@@H]1CCc2[nH]ncc2C1)N1CCN([C@H]2C[C@H]3CC[C@H]2C3)CC1. The Morgan fingerprint density at radius 2 is 2.04 bits per heavy atom. The molecule has 0 spiro atoms. The lowest BCUT2D eigenvalue weighted by molar-refractivity contribution is 0.0818. The molecule has 2 saturated carbocycles. The van der Waals surface area contributed by atoms with Crippen molar-refractivity contribution < 1.29 is 4.79 Å². The molecule has 2 N–H and O–H groups in total. The van der Waals surface area contributed by atoms with Gasteiger partial charge in [-0.3, -0.25) is 10.00 Å². The Balaban J connectivity index is 1.12. The minimum atomic E-state index is 0.129. The van der Waals surface area contributed by atoms with Gasteiger partial charge in [0.05, 0.1) is 6.20 Å². The van der Waals surface area contributed by atoms with Gasteiger partial charge in [0.1, 0.15) is 0 Å². The molecule has 2 amide bonds. The fourth-order valence-electron chi connectivity index (χ4n) is 5.72. The van der Waals surface area contributed by atoms with Gasteiger partial charge in [0, 0.05) is 44.0 Å². The van der Waals surface area contributed by atoms with Crippen LogP contribution >= 0.6 is 0 Å². The summed E-state index contributed by atoms with van der Waals surface area (Å²) in [4.78, 5) is 17.3. The summed E-state index contributed by atoms with van der Waals surface area (Å²) in [5.41, 5.74) is 2.50. The molecule has 1 aliphatic heterocycles. The molecular formula is C19H29N5O. The molecule has 2 bridgehead atoms. The molecule has 136 valence electrons. The molecule has 25 heavy (non-hydrogen) atoms. The fraction of sp³-hybridized carbons (Fsp3) is 0.789. The van der Waals surface area contributed by atoms with Crippen molar-refractivity contribution in [1.82, 2.24) is 25.3 Å². The van der Waals surface area contributed by atoms with Crippen LogP contribution in [0.5, 0.6) is 0 Å². The van der Waals surface area contributed by atoms with E-state index in [0.717, 1.165) is 63.3 Å². The Hall–Kier alpha value is -1.56. The molecule has 0 unspecified atom stereocenters. The minimum absolute atomic E-state index is 0.129. The first-order valence-corrected chi connectivity index (χ1v) is 10.1. The molecule has 6 heteroatoms. The van der Waals surface area contributed by atoms with E-state index in [1.165, 1.54) is 36.9 Å². The van der Waals surface area contributed by atoms with Crippen LogP contribution < -0.4 is 5.32 Å². The normalized spacial score (nSPS) is 35.0. The largest absolute Gasteiger partial charge is 0.335 e. The predicted molar refractivity (Wildman–Crippen MR) is 95.3 cm³/mol. The number of aryl methyl sites for hydroxylation is 1. The molecule has 1 aromatic rings. The van der Waals surface area contributed by atoms with E-state index in [1.54, 1.807) is 0 Å². The standard InChI is InChI=1S/C19H29N5O/c25-19(21-16-3-4-17-15(11-16)12-20-22-17)24-7-5-23(6-8-24)18-10-13-1-2-14(18)9-13/h12-14,16,18H,1-11H2,(H,20,22)(H,21,25)/t13-,14-,16+,18-/m0/s1. The van der Waals surface area contributed by atoms with Crippen LogP contribution in [0.3, 0.4) is 0 Å². The van der Waals surface area contributed by atoms with Crippen molar-refractivity contribution in [2.24, 2.45) is 11.8 Å². The van der Waals surface area contributed by atoms with Gasteiger partial charge in [-0.2, -0.15) is 5.10 Å². The Morgan fingerprint density at radius 3 is 2.80 bits per heavy atom. The van der Waals surface area contributed by atoms with Gasteiger partial charge < -0.3 is 10.2 Å². The number of carbonyl (C=O) groups is 1. The van der Waals surface area contributed by atoms with Crippen molar-refractivity contribution in [3.05, 3.63) is 17.5 Å². The molecule has 6 nitrogen and oxygen atoms in total. The number of carbonyl (C=O) groups excluding carboxylic acids is 1. The molecule has 3 aliphatic carbocycles. The Morgan fingerprint density at radius 1 is 1.16 bits per heavy atom. The van der Waals surface area contributed by atoms with E-state index in [2.05, 4.69) is 20.4 Å². The number of H-pyrrole nitrogens is 1. The van der Waals surface area contributed by atoms with Crippen molar-refractivity contribution in [1.29, 1.82) is 0 Å². The number of nitrogens with one attached hydrogen (secondary N) is 2. The number of amides is 2. The van der Waals surface area contributed by atoms with E-state index in [0.29, 0.717) is 0 Å². The van der Waals surface area contributed by atoms with Gasteiger partial charge in [0.15, 0.2) is 0 Å². The zero-order valence-corrected chi connectivity index (χ0v) is 14.9. The third-order valence-corrected chi connectivity index (χ3v) is 7.12. The summed E-state index contributed by atoms with van der Waals surface area (Å²) in [6.07, 6.45) is 10.6. The van der Waals surface area contributed by atoms with Gasteiger partial charge in [-0.15, -0.1) is 0 Å². The third kappa shape index (κ3) is 2.94. The highest BCUT2D eigenvalue weighted by atomic mass is 16.2. The van der Waals surface area contributed by atoms with Crippen LogP contribution in [-0.2, 0) is 12.8 Å². The van der Waals surface area contributed by atoms with Crippen molar-refractivity contribution >= 4 is 6.03 Å². The smallest absolute Gasteiger partial charge is 0.317 e. The summed E-state index contributed by atoms with van der Waals surface area (Å²) in [7, 11) is 0. The Bertz CT molecular complexity index is 636. The first kappa shape index (κ1) is 15.7. The molecular weight excluding hydrogens is 314 g/mol. The maximum absolute atomic E-state index is 12.6. The van der Waals surface area contributed by atoms with Gasteiger partial charge in [0.2, 0.25) is 0 Å². The van der Waals surface area contributed by atoms with E-state index in [1.807, 2.05) is 11.1 Å². The summed E-state index contributed by atoms with van der Waals surface area (Å²) in [5, 5.41) is 10.4. The lowest BCUT2D eigenvalue weighted by Gasteiger charge is -2.41. The van der Waals surface area contributed by atoms with E-state index in [9.17, 15) is 4.79 Å². The molecule has 2 heterocycles. The second-order valence-electron chi connectivity index (χ2n) is 8.53. The fourth-order valence-corrected chi connectivity index (χ4v) is 5.72. The number of hydrogen-bond donors (Lipinski definition) is 2. The van der Waals surface area contributed by atoms with Crippen LogP contribution in [0, 0.1) is 11.8 Å². The monoisotopic (exact) mass is 343 g/mol. The van der Waals surface area contributed by atoms with Gasteiger partial charge in [-0.05, 0) is 55.9 Å². The van der Waals surface area contributed by atoms with Gasteiger partial charge >= 0.3 is 6.03 Å². The van der Waals surface area contributed by atoms with E-state index in [-0.39, 0.29) is 12.1 Å². The summed E-state index contributed by atoms with van der Waals surface area (Å²) < 4.78 is 0. The van der Waals surface area contributed by atoms with Crippen molar-refractivity contribution in [3.8, 4) is 0 Å². The summed E-state index contributed by atoms with van der Waals surface area (Å²) in [6.45, 7) is 3.86. The topological polar surface area (TPSA) is 64.3 Å². The first-order chi connectivity index (χ1) is 12.3. The summed E-state index contributed by atoms with van der Waals surface area (Å²) in [6, 6.07) is 1.19. The van der Waals surface area contributed by atoms with E-state index < -0.39 is 0 Å². The average Bonchev–Trinajstić information content (AvgIpc) is 3.38. The Labute approximate surface area is 149 Å².